The molecule has 0 saturated heterocycles. The van der Waals surface area contributed by atoms with Gasteiger partial charge in [0.25, 0.3) is 0 Å². The van der Waals surface area contributed by atoms with E-state index in [2.05, 4.69) is 24.4 Å². The monoisotopic (exact) mass is 202 g/mol. The van der Waals surface area contributed by atoms with Crippen LogP contribution in [0.1, 0.15) is 29.5 Å². The highest BCUT2D eigenvalue weighted by Gasteiger charge is 2.43. The molecule has 0 atom stereocenters. The van der Waals surface area contributed by atoms with Crippen molar-refractivity contribution in [3.8, 4) is 0 Å². The first kappa shape index (κ1) is 8.92. The number of fused-ring (bicyclic) bond motifs is 1. The average Bonchev–Trinajstić information content (AvgIpc) is 2.78. The van der Waals surface area contributed by atoms with Crippen LogP contribution in [0.2, 0.25) is 0 Å². The Morgan fingerprint density at radius 3 is 2.80 bits per heavy atom. The lowest BCUT2D eigenvalue weighted by Crippen LogP contribution is -2.20. The zero-order valence-electron chi connectivity index (χ0n) is 8.76. The molecule has 78 valence electrons. The normalized spacial score (nSPS) is 21.1. The largest absolute Gasteiger partial charge is 0.325 e. The summed E-state index contributed by atoms with van der Waals surface area (Å²) in [4.78, 5) is 11.4. The molecule has 3 N–H and O–H groups in total. The molecule has 1 aliphatic carbocycles. The lowest BCUT2D eigenvalue weighted by Gasteiger charge is -2.15. The Bertz CT molecular complexity index is 461. The molecule has 0 bridgehead atoms. The van der Waals surface area contributed by atoms with Crippen LogP contribution in [0.4, 0.5) is 5.69 Å². The van der Waals surface area contributed by atoms with Crippen molar-refractivity contribution in [3.63, 3.8) is 0 Å². The van der Waals surface area contributed by atoms with Crippen LogP contribution in [0, 0.1) is 6.92 Å². The Balaban J connectivity index is 2.19. The molecule has 0 spiro atoms. The maximum atomic E-state index is 11.4. The molecule has 3 nitrogen and oxygen atoms in total. The molecule has 0 unspecified atom stereocenters. The van der Waals surface area contributed by atoms with E-state index in [4.69, 9.17) is 5.73 Å². The van der Waals surface area contributed by atoms with Crippen LogP contribution in [0.15, 0.2) is 12.1 Å². The zero-order chi connectivity index (χ0) is 10.6. The summed E-state index contributed by atoms with van der Waals surface area (Å²) in [7, 11) is 0. The molecule has 1 saturated carbocycles. The molecule has 1 amide bonds. The number of anilines is 1. The second-order valence-electron chi connectivity index (χ2n) is 4.73. The number of carbonyl (C=O) groups excluding carboxylic acids is 1. The van der Waals surface area contributed by atoms with Gasteiger partial charge in [0.05, 0.1) is 6.42 Å². The fourth-order valence-electron chi connectivity index (χ4n) is 2.30. The van der Waals surface area contributed by atoms with Crippen LogP contribution in [0.3, 0.4) is 0 Å². The van der Waals surface area contributed by atoms with Gasteiger partial charge in [-0.25, -0.2) is 0 Å². The minimum absolute atomic E-state index is 0.0844. The quantitative estimate of drug-likeness (QED) is 0.724. The van der Waals surface area contributed by atoms with E-state index in [1.54, 1.807) is 0 Å². The Morgan fingerprint density at radius 2 is 2.13 bits per heavy atom. The standard InChI is InChI=1S/C12H14N2O/c1-7-4-8-6-10(15)14-11(8)9(5-7)12(13)2-3-12/h4-5H,2-3,6,13H2,1H3,(H,14,15). The summed E-state index contributed by atoms with van der Waals surface area (Å²) >= 11 is 0. The third-order valence-electron chi connectivity index (χ3n) is 3.30. The summed E-state index contributed by atoms with van der Waals surface area (Å²) in [5.41, 5.74) is 10.4. The van der Waals surface area contributed by atoms with E-state index in [-0.39, 0.29) is 11.4 Å². The molecule has 3 rings (SSSR count). The van der Waals surface area contributed by atoms with E-state index in [1.807, 2.05) is 0 Å². The molecular weight excluding hydrogens is 188 g/mol. The smallest absolute Gasteiger partial charge is 0.228 e. The third kappa shape index (κ3) is 1.27. The minimum Gasteiger partial charge on any atom is -0.325 e. The van der Waals surface area contributed by atoms with Gasteiger partial charge in [0, 0.05) is 11.2 Å². The van der Waals surface area contributed by atoms with Crippen LogP contribution in [-0.4, -0.2) is 5.91 Å². The van der Waals surface area contributed by atoms with E-state index in [0.29, 0.717) is 6.42 Å². The highest BCUT2D eigenvalue weighted by molar-refractivity contribution is 6.00. The molecule has 1 heterocycles. The van der Waals surface area contributed by atoms with Gasteiger partial charge < -0.3 is 11.1 Å². The molecular formula is C12H14N2O. The predicted octanol–water partition coefficient (Wildman–Crippen LogP) is 1.44. The number of rotatable bonds is 1. The molecule has 0 aromatic heterocycles. The molecule has 1 fully saturated rings. The van der Waals surface area contributed by atoms with E-state index in [1.165, 1.54) is 5.56 Å². The summed E-state index contributed by atoms with van der Waals surface area (Å²) in [5, 5.41) is 2.92. The predicted molar refractivity (Wildman–Crippen MR) is 58.6 cm³/mol. The SMILES string of the molecule is Cc1cc2c(c(C3(N)CC3)c1)NC(=O)C2. The first-order chi connectivity index (χ1) is 7.08. The summed E-state index contributed by atoms with van der Waals surface area (Å²) in [6.45, 7) is 2.05. The van der Waals surface area contributed by atoms with Crippen molar-refractivity contribution in [1.29, 1.82) is 0 Å². The lowest BCUT2D eigenvalue weighted by atomic mass is 9.97. The van der Waals surface area contributed by atoms with Gasteiger partial charge in [-0.2, -0.15) is 0 Å². The second-order valence-corrected chi connectivity index (χ2v) is 4.73. The molecule has 1 aliphatic heterocycles. The Hall–Kier alpha value is -1.35. The molecule has 3 heteroatoms. The Kier molecular flexibility index (Phi) is 1.55. The van der Waals surface area contributed by atoms with E-state index >= 15 is 0 Å². The Labute approximate surface area is 88.7 Å². The van der Waals surface area contributed by atoms with Gasteiger partial charge in [0.1, 0.15) is 0 Å². The highest BCUT2D eigenvalue weighted by atomic mass is 16.1. The van der Waals surface area contributed by atoms with Crippen molar-refractivity contribution in [3.05, 3.63) is 28.8 Å². The van der Waals surface area contributed by atoms with Crippen molar-refractivity contribution in [2.45, 2.75) is 31.7 Å². The number of hydrogen-bond donors (Lipinski definition) is 2. The van der Waals surface area contributed by atoms with Gasteiger partial charge in [-0.1, -0.05) is 17.7 Å². The fraction of sp³-hybridized carbons (Fsp3) is 0.417. The maximum absolute atomic E-state index is 11.4. The summed E-state index contributed by atoms with van der Waals surface area (Å²) < 4.78 is 0. The first-order valence-corrected chi connectivity index (χ1v) is 5.31. The number of amides is 1. The fourth-order valence-corrected chi connectivity index (χ4v) is 2.30. The lowest BCUT2D eigenvalue weighted by molar-refractivity contribution is -0.115. The van der Waals surface area contributed by atoms with E-state index in [0.717, 1.165) is 29.7 Å². The van der Waals surface area contributed by atoms with Crippen LogP contribution in [-0.2, 0) is 16.8 Å². The number of aryl methyl sites for hydroxylation is 1. The van der Waals surface area contributed by atoms with Crippen molar-refractivity contribution >= 4 is 11.6 Å². The van der Waals surface area contributed by atoms with Crippen LogP contribution >= 0.6 is 0 Å². The van der Waals surface area contributed by atoms with Crippen LogP contribution in [0.25, 0.3) is 0 Å². The third-order valence-corrected chi connectivity index (χ3v) is 3.30. The molecule has 0 radical (unpaired) electrons. The summed E-state index contributed by atoms with van der Waals surface area (Å²) in [5.74, 6) is 0.0844. The number of nitrogens with one attached hydrogen (secondary N) is 1. The number of nitrogens with two attached hydrogens (primary N) is 1. The topological polar surface area (TPSA) is 55.1 Å². The van der Waals surface area contributed by atoms with Gasteiger partial charge in [0.2, 0.25) is 5.91 Å². The molecule has 1 aromatic carbocycles. The first-order valence-electron chi connectivity index (χ1n) is 5.31. The van der Waals surface area contributed by atoms with Gasteiger partial charge in [0.15, 0.2) is 0 Å². The van der Waals surface area contributed by atoms with Gasteiger partial charge in [-0.3, -0.25) is 4.79 Å². The van der Waals surface area contributed by atoms with E-state index < -0.39 is 0 Å². The Morgan fingerprint density at radius 1 is 1.40 bits per heavy atom. The summed E-state index contributed by atoms with van der Waals surface area (Å²) in [6.07, 6.45) is 2.55. The van der Waals surface area contributed by atoms with Gasteiger partial charge in [-0.15, -0.1) is 0 Å². The van der Waals surface area contributed by atoms with Crippen LogP contribution < -0.4 is 11.1 Å². The summed E-state index contributed by atoms with van der Waals surface area (Å²) in [6, 6.07) is 4.18. The maximum Gasteiger partial charge on any atom is 0.228 e. The minimum atomic E-state index is -0.173. The highest BCUT2D eigenvalue weighted by Crippen LogP contribution is 2.47. The number of hydrogen-bond acceptors (Lipinski definition) is 2. The van der Waals surface area contributed by atoms with Gasteiger partial charge in [-0.05, 0) is 30.9 Å². The van der Waals surface area contributed by atoms with Crippen molar-refractivity contribution in [2.75, 3.05) is 5.32 Å². The average molecular weight is 202 g/mol. The second kappa shape index (κ2) is 2.61. The zero-order valence-corrected chi connectivity index (χ0v) is 8.76. The molecule has 2 aliphatic rings. The van der Waals surface area contributed by atoms with Crippen molar-refractivity contribution < 1.29 is 4.79 Å². The van der Waals surface area contributed by atoms with Crippen molar-refractivity contribution in [1.82, 2.24) is 0 Å². The van der Waals surface area contributed by atoms with Crippen molar-refractivity contribution in [2.24, 2.45) is 5.73 Å². The van der Waals surface area contributed by atoms with E-state index in [9.17, 15) is 4.79 Å². The number of carbonyl (C=O) groups is 1. The van der Waals surface area contributed by atoms with Gasteiger partial charge >= 0.3 is 0 Å². The number of benzene rings is 1. The molecule has 1 aromatic rings. The van der Waals surface area contributed by atoms with Crippen LogP contribution in [0.5, 0.6) is 0 Å². The molecule has 15 heavy (non-hydrogen) atoms.